The minimum absolute atomic E-state index is 0.0970. The fraction of sp³-hybridized carbons (Fsp3) is 0.444. The molecule has 0 saturated carbocycles. The monoisotopic (exact) mass is 196 g/mol. The van der Waals surface area contributed by atoms with Gasteiger partial charge in [-0.2, -0.15) is 0 Å². The average Bonchev–Trinajstić information content (AvgIpc) is 2.19. The summed E-state index contributed by atoms with van der Waals surface area (Å²) in [6.45, 7) is 3.41. The number of rotatable bonds is 4. The summed E-state index contributed by atoms with van der Waals surface area (Å²) in [5.41, 5.74) is 12.2. The number of anilines is 3. The van der Waals surface area contributed by atoms with Gasteiger partial charge in [-0.05, 0) is 6.92 Å². The molecule has 0 unspecified atom stereocenters. The maximum absolute atomic E-state index is 8.83. The highest BCUT2D eigenvalue weighted by atomic mass is 16.3. The largest absolute Gasteiger partial charge is 0.397 e. The summed E-state index contributed by atoms with van der Waals surface area (Å²) in [5, 5.41) is 8.83. The SMILES string of the molecule is CCN(CCO)c1cc(N)c(N)cn1. The fourth-order valence-electron chi connectivity index (χ4n) is 1.20. The van der Waals surface area contributed by atoms with E-state index in [2.05, 4.69) is 4.98 Å². The van der Waals surface area contributed by atoms with Gasteiger partial charge in [-0.25, -0.2) is 4.98 Å². The van der Waals surface area contributed by atoms with Crippen LogP contribution < -0.4 is 16.4 Å². The lowest BCUT2D eigenvalue weighted by molar-refractivity contribution is 0.302. The molecule has 5 N–H and O–H groups in total. The molecule has 0 spiro atoms. The van der Waals surface area contributed by atoms with Crippen LogP contribution >= 0.6 is 0 Å². The van der Waals surface area contributed by atoms with Crippen molar-refractivity contribution in [2.45, 2.75) is 6.92 Å². The van der Waals surface area contributed by atoms with Crippen LogP contribution in [0.4, 0.5) is 17.2 Å². The Morgan fingerprint density at radius 2 is 2.14 bits per heavy atom. The molecule has 14 heavy (non-hydrogen) atoms. The maximum atomic E-state index is 8.83. The van der Waals surface area contributed by atoms with E-state index in [9.17, 15) is 0 Å². The van der Waals surface area contributed by atoms with E-state index in [0.717, 1.165) is 12.4 Å². The van der Waals surface area contributed by atoms with Gasteiger partial charge in [-0.15, -0.1) is 0 Å². The van der Waals surface area contributed by atoms with Crippen LogP contribution in [0.1, 0.15) is 6.92 Å². The average molecular weight is 196 g/mol. The molecule has 0 fully saturated rings. The molecule has 0 aromatic carbocycles. The second-order valence-electron chi connectivity index (χ2n) is 2.97. The van der Waals surface area contributed by atoms with Crippen molar-refractivity contribution in [3.63, 3.8) is 0 Å². The first-order valence-corrected chi connectivity index (χ1v) is 4.55. The normalized spacial score (nSPS) is 10.1. The number of aliphatic hydroxyl groups is 1. The second-order valence-corrected chi connectivity index (χ2v) is 2.97. The van der Waals surface area contributed by atoms with Crippen LogP contribution in [0.5, 0.6) is 0 Å². The third-order valence-corrected chi connectivity index (χ3v) is 2.03. The van der Waals surface area contributed by atoms with Gasteiger partial charge >= 0.3 is 0 Å². The van der Waals surface area contributed by atoms with Crippen LogP contribution in [0.15, 0.2) is 12.3 Å². The zero-order valence-corrected chi connectivity index (χ0v) is 8.27. The molecule has 0 bridgehead atoms. The third-order valence-electron chi connectivity index (χ3n) is 2.03. The highest BCUT2D eigenvalue weighted by Gasteiger charge is 2.06. The zero-order chi connectivity index (χ0) is 10.6. The zero-order valence-electron chi connectivity index (χ0n) is 8.27. The van der Waals surface area contributed by atoms with Crippen molar-refractivity contribution in [1.29, 1.82) is 0 Å². The standard InChI is InChI=1S/C9H16N4O/c1-2-13(3-4-14)9-5-7(10)8(11)6-12-9/h5-6,14H,2-4,11H2,1H3,(H2,10,12). The minimum Gasteiger partial charge on any atom is -0.397 e. The molecule has 0 aliphatic carbocycles. The van der Waals surface area contributed by atoms with Crippen LogP contribution in [-0.4, -0.2) is 29.8 Å². The lowest BCUT2D eigenvalue weighted by Crippen LogP contribution is -2.27. The minimum atomic E-state index is 0.0970. The predicted molar refractivity (Wildman–Crippen MR) is 58.0 cm³/mol. The molecule has 5 heteroatoms. The lowest BCUT2D eigenvalue weighted by Gasteiger charge is -2.21. The van der Waals surface area contributed by atoms with E-state index >= 15 is 0 Å². The van der Waals surface area contributed by atoms with Gasteiger partial charge in [0.2, 0.25) is 0 Å². The number of aromatic nitrogens is 1. The Kier molecular flexibility index (Phi) is 3.53. The number of aliphatic hydroxyl groups excluding tert-OH is 1. The van der Waals surface area contributed by atoms with Crippen LogP contribution in [-0.2, 0) is 0 Å². The van der Waals surface area contributed by atoms with E-state index in [1.54, 1.807) is 6.07 Å². The van der Waals surface area contributed by atoms with Crippen molar-refractivity contribution in [2.24, 2.45) is 0 Å². The molecule has 1 rings (SSSR count). The van der Waals surface area contributed by atoms with Gasteiger partial charge in [0.15, 0.2) is 0 Å². The van der Waals surface area contributed by atoms with Crippen LogP contribution in [0.25, 0.3) is 0 Å². The predicted octanol–water partition coefficient (Wildman–Crippen LogP) is 0.0646. The highest BCUT2D eigenvalue weighted by Crippen LogP contribution is 2.19. The van der Waals surface area contributed by atoms with Crippen LogP contribution in [0, 0.1) is 0 Å². The molecule has 0 atom stereocenters. The van der Waals surface area contributed by atoms with E-state index in [-0.39, 0.29) is 6.61 Å². The Balaban J connectivity index is 2.88. The van der Waals surface area contributed by atoms with Crippen molar-refractivity contribution in [1.82, 2.24) is 4.98 Å². The topological polar surface area (TPSA) is 88.4 Å². The number of nitrogen functional groups attached to an aromatic ring is 2. The molecule has 1 heterocycles. The molecule has 0 amide bonds. The van der Waals surface area contributed by atoms with E-state index in [1.165, 1.54) is 6.20 Å². The number of nitrogens with two attached hydrogens (primary N) is 2. The van der Waals surface area contributed by atoms with Crippen molar-refractivity contribution >= 4 is 17.2 Å². The summed E-state index contributed by atoms with van der Waals surface area (Å²) in [7, 11) is 0. The number of hydrogen-bond donors (Lipinski definition) is 3. The van der Waals surface area contributed by atoms with E-state index in [0.29, 0.717) is 17.9 Å². The number of hydrogen-bond acceptors (Lipinski definition) is 5. The quantitative estimate of drug-likeness (QED) is 0.634. The van der Waals surface area contributed by atoms with Crippen molar-refractivity contribution < 1.29 is 5.11 Å². The molecule has 78 valence electrons. The van der Waals surface area contributed by atoms with E-state index in [4.69, 9.17) is 16.6 Å². The molecule has 5 nitrogen and oxygen atoms in total. The number of likely N-dealkylation sites (N-methyl/N-ethyl adjacent to an activating group) is 1. The molecule has 0 saturated heterocycles. The van der Waals surface area contributed by atoms with Gasteiger partial charge in [-0.3, -0.25) is 0 Å². The molecule has 1 aromatic rings. The first-order chi connectivity index (χ1) is 6.69. The Morgan fingerprint density at radius 3 is 2.64 bits per heavy atom. The van der Waals surface area contributed by atoms with Gasteiger partial charge in [0.25, 0.3) is 0 Å². The molecule has 0 aliphatic rings. The van der Waals surface area contributed by atoms with E-state index in [1.807, 2.05) is 11.8 Å². The number of pyridine rings is 1. The summed E-state index contributed by atoms with van der Waals surface area (Å²) in [4.78, 5) is 6.07. The second kappa shape index (κ2) is 4.66. The van der Waals surface area contributed by atoms with Crippen molar-refractivity contribution in [3.8, 4) is 0 Å². The van der Waals surface area contributed by atoms with Crippen molar-refractivity contribution in [2.75, 3.05) is 36.1 Å². The maximum Gasteiger partial charge on any atom is 0.130 e. The van der Waals surface area contributed by atoms with Gasteiger partial charge in [0.05, 0.1) is 24.2 Å². The van der Waals surface area contributed by atoms with Crippen LogP contribution in [0.2, 0.25) is 0 Å². The molecule has 0 radical (unpaired) electrons. The summed E-state index contributed by atoms with van der Waals surface area (Å²) in [6.07, 6.45) is 1.53. The molecular weight excluding hydrogens is 180 g/mol. The fourth-order valence-corrected chi connectivity index (χ4v) is 1.20. The van der Waals surface area contributed by atoms with E-state index < -0.39 is 0 Å². The van der Waals surface area contributed by atoms with Crippen LogP contribution in [0.3, 0.4) is 0 Å². The Labute approximate surface area is 83.3 Å². The summed E-state index contributed by atoms with van der Waals surface area (Å²) in [5.74, 6) is 0.744. The Bertz CT molecular complexity index is 303. The lowest BCUT2D eigenvalue weighted by atomic mass is 10.3. The first-order valence-electron chi connectivity index (χ1n) is 4.55. The molecule has 0 aliphatic heterocycles. The third kappa shape index (κ3) is 2.26. The van der Waals surface area contributed by atoms with Gasteiger partial charge < -0.3 is 21.5 Å². The molecule has 1 aromatic heterocycles. The van der Waals surface area contributed by atoms with Crippen molar-refractivity contribution in [3.05, 3.63) is 12.3 Å². The number of nitrogens with zero attached hydrogens (tertiary/aromatic N) is 2. The van der Waals surface area contributed by atoms with Gasteiger partial charge in [-0.1, -0.05) is 0 Å². The summed E-state index contributed by atoms with van der Waals surface area (Å²) in [6, 6.07) is 1.72. The summed E-state index contributed by atoms with van der Waals surface area (Å²) >= 11 is 0. The highest BCUT2D eigenvalue weighted by molar-refractivity contribution is 5.66. The first kappa shape index (κ1) is 10.6. The Morgan fingerprint density at radius 1 is 1.43 bits per heavy atom. The molecular formula is C9H16N4O. The van der Waals surface area contributed by atoms with Gasteiger partial charge in [0, 0.05) is 19.2 Å². The van der Waals surface area contributed by atoms with Gasteiger partial charge in [0.1, 0.15) is 5.82 Å². The summed E-state index contributed by atoms with van der Waals surface area (Å²) < 4.78 is 0. The smallest absolute Gasteiger partial charge is 0.130 e. The Hall–Kier alpha value is -1.49.